The molecule has 0 spiro atoms. The minimum atomic E-state index is -0.724. The molecule has 4 nitrogen and oxygen atoms in total. The number of nitrogens with one attached hydrogen (secondary N) is 1. The molecule has 114 valence electrons. The van der Waals surface area contributed by atoms with E-state index in [1.54, 1.807) is 6.92 Å². The fourth-order valence-corrected chi connectivity index (χ4v) is 2.58. The maximum atomic E-state index is 13.7. The Morgan fingerprint density at radius 2 is 1.95 bits per heavy atom. The number of benzene rings is 1. The van der Waals surface area contributed by atoms with E-state index in [1.807, 2.05) is 6.92 Å². The van der Waals surface area contributed by atoms with E-state index in [9.17, 15) is 18.4 Å². The van der Waals surface area contributed by atoms with Gasteiger partial charge in [0.25, 0.3) is 0 Å². The number of nitrogens with zero attached hydrogens (tertiary/aromatic N) is 1. The first-order valence-corrected chi connectivity index (χ1v) is 6.99. The molecule has 1 fully saturated rings. The van der Waals surface area contributed by atoms with Crippen molar-refractivity contribution in [3.8, 4) is 0 Å². The van der Waals surface area contributed by atoms with Crippen LogP contribution in [-0.2, 0) is 9.59 Å². The second kappa shape index (κ2) is 6.30. The van der Waals surface area contributed by atoms with Gasteiger partial charge in [0.15, 0.2) is 0 Å². The third kappa shape index (κ3) is 3.10. The third-order valence-corrected chi connectivity index (χ3v) is 3.58. The van der Waals surface area contributed by atoms with E-state index in [0.29, 0.717) is 13.0 Å². The van der Waals surface area contributed by atoms with Crippen LogP contribution in [0, 0.1) is 11.6 Å². The lowest BCUT2D eigenvalue weighted by molar-refractivity contribution is -0.138. The van der Waals surface area contributed by atoms with Crippen LogP contribution in [0.1, 0.15) is 38.3 Å². The molecule has 2 unspecified atom stereocenters. The molecule has 0 aromatic heterocycles. The molecule has 1 saturated heterocycles. The average molecular weight is 296 g/mol. The number of carbonyl (C=O) groups excluding carboxylic acids is 2. The summed E-state index contributed by atoms with van der Waals surface area (Å²) >= 11 is 0. The standard InChI is InChI=1S/C15H18F2N2O2/c1-3-7-19-13(20)8-12(15(19)21)18-9(2)14-10(16)5-4-6-11(14)17/h4-6,9,12,18H,3,7-8H2,1-2H3. The van der Waals surface area contributed by atoms with Gasteiger partial charge < -0.3 is 0 Å². The molecule has 6 heteroatoms. The maximum absolute atomic E-state index is 13.7. The average Bonchev–Trinajstić information content (AvgIpc) is 2.66. The molecule has 1 aromatic rings. The highest BCUT2D eigenvalue weighted by atomic mass is 19.1. The molecule has 1 aliphatic heterocycles. The Morgan fingerprint density at radius 1 is 1.33 bits per heavy atom. The Kier molecular flexibility index (Phi) is 4.67. The SMILES string of the molecule is CCCN1C(=O)CC(NC(C)c2c(F)cccc2F)C1=O. The summed E-state index contributed by atoms with van der Waals surface area (Å²) in [7, 11) is 0. The zero-order valence-electron chi connectivity index (χ0n) is 12.0. The summed E-state index contributed by atoms with van der Waals surface area (Å²) < 4.78 is 27.4. The van der Waals surface area contributed by atoms with Crippen molar-refractivity contribution in [3.05, 3.63) is 35.4 Å². The van der Waals surface area contributed by atoms with Crippen LogP contribution in [0.2, 0.25) is 0 Å². The lowest BCUT2D eigenvalue weighted by Gasteiger charge is -2.20. The molecule has 1 aromatic carbocycles. The third-order valence-electron chi connectivity index (χ3n) is 3.58. The molecule has 0 bridgehead atoms. The normalized spacial score (nSPS) is 20.2. The predicted molar refractivity (Wildman–Crippen MR) is 73.3 cm³/mol. The fourth-order valence-electron chi connectivity index (χ4n) is 2.58. The van der Waals surface area contributed by atoms with E-state index in [0.717, 1.165) is 0 Å². The van der Waals surface area contributed by atoms with Gasteiger partial charge >= 0.3 is 0 Å². The highest BCUT2D eigenvalue weighted by Gasteiger charge is 2.38. The second-order valence-electron chi connectivity index (χ2n) is 5.16. The lowest BCUT2D eigenvalue weighted by Crippen LogP contribution is -2.40. The number of hydrogen-bond donors (Lipinski definition) is 1. The number of amides is 2. The molecule has 2 amide bonds. The van der Waals surface area contributed by atoms with Crippen LogP contribution in [0.5, 0.6) is 0 Å². The van der Waals surface area contributed by atoms with E-state index in [1.165, 1.54) is 23.1 Å². The van der Waals surface area contributed by atoms with Crippen molar-refractivity contribution in [3.63, 3.8) is 0 Å². The van der Waals surface area contributed by atoms with Gasteiger partial charge in [-0.2, -0.15) is 0 Å². The number of likely N-dealkylation sites (tertiary alicyclic amines) is 1. The van der Waals surface area contributed by atoms with Gasteiger partial charge in [0, 0.05) is 18.2 Å². The summed E-state index contributed by atoms with van der Waals surface area (Å²) in [6, 6.07) is 2.20. The molecule has 1 heterocycles. The van der Waals surface area contributed by atoms with Gasteiger partial charge in [-0.25, -0.2) is 8.78 Å². The van der Waals surface area contributed by atoms with E-state index < -0.39 is 23.7 Å². The molecule has 2 rings (SSSR count). The van der Waals surface area contributed by atoms with Crippen LogP contribution < -0.4 is 5.32 Å². The second-order valence-corrected chi connectivity index (χ2v) is 5.16. The number of imide groups is 1. The van der Waals surface area contributed by atoms with E-state index in [-0.39, 0.29) is 23.8 Å². The van der Waals surface area contributed by atoms with Gasteiger partial charge in [-0.3, -0.25) is 19.8 Å². The Hall–Kier alpha value is -1.82. The van der Waals surface area contributed by atoms with Crippen molar-refractivity contribution < 1.29 is 18.4 Å². The van der Waals surface area contributed by atoms with Gasteiger partial charge in [0.05, 0.1) is 12.5 Å². The van der Waals surface area contributed by atoms with E-state index in [4.69, 9.17) is 0 Å². The van der Waals surface area contributed by atoms with Gasteiger partial charge in [0.2, 0.25) is 11.8 Å². The molecule has 0 saturated carbocycles. The van der Waals surface area contributed by atoms with Crippen LogP contribution in [0.15, 0.2) is 18.2 Å². The first kappa shape index (κ1) is 15.6. The largest absolute Gasteiger partial charge is 0.299 e. The van der Waals surface area contributed by atoms with Crippen LogP contribution in [0.25, 0.3) is 0 Å². The topological polar surface area (TPSA) is 49.4 Å². The smallest absolute Gasteiger partial charge is 0.246 e. The number of carbonyl (C=O) groups is 2. The molecule has 1 N–H and O–H groups in total. The Morgan fingerprint density at radius 3 is 2.52 bits per heavy atom. The molecule has 2 atom stereocenters. The first-order chi connectivity index (χ1) is 9.95. The van der Waals surface area contributed by atoms with Crippen molar-refractivity contribution in [1.82, 2.24) is 10.2 Å². The molecular formula is C15H18F2N2O2. The Balaban J connectivity index is 2.12. The minimum absolute atomic E-state index is 0.0270. The molecule has 0 aliphatic carbocycles. The van der Waals surface area contributed by atoms with Crippen LogP contribution in [0.3, 0.4) is 0 Å². The highest BCUT2D eigenvalue weighted by Crippen LogP contribution is 2.23. The van der Waals surface area contributed by atoms with Crippen LogP contribution in [-0.4, -0.2) is 29.3 Å². The van der Waals surface area contributed by atoms with Crippen molar-refractivity contribution in [1.29, 1.82) is 0 Å². The monoisotopic (exact) mass is 296 g/mol. The summed E-state index contributed by atoms with van der Waals surface area (Å²) in [5.41, 5.74) is -0.119. The lowest BCUT2D eigenvalue weighted by atomic mass is 10.1. The molecule has 0 radical (unpaired) electrons. The van der Waals surface area contributed by atoms with E-state index in [2.05, 4.69) is 5.32 Å². The van der Waals surface area contributed by atoms with Crippen molar-refractivity contribution in [2.75, 3.05) is 6.54 Å². The number of hydrogen-bond acceptors (Lipinski definition) is 3. The van der Waals surface area contributed by atoms with Crippen molar-refractivity contribution >= 4 is 11.8 Å². The molecule has 1 aliphatic rings. The quantitative estimate of drug-likeness (QED) is 0.847. The number of halogens is 2. The predicted octanol–water partition coefficient (Wildman–Crippen LogP) is 2.15. The summed E-state index contributed by atoms with van der Waals surface area (Å²) in [5.74, 6) is -1.92. The van der Waals surface area contributed by atoms with Gasteiger partial charge in [-0.15, -0.1) is 0 Å². The van der Waals surface area contributed by atoms with Gasteiger partial charge in [-0.05, 0) is 25.5 Å². The van der Waals surface area contributed by atoms with Crippen LogP contribution in [0.4, 0.5) is 8.78 Å². The molecule has 21 heavy (non-hydrogen) atoms. The summed E-state index contributed by atoms with van der Waals surface area (Å²) in [6.45, 7) is 3.82. The highest BCUT2D eigenvalue weighted by molar-refractivity contribution is 6.05. The maximum Gasteiger partial charge on any atom is 0.246 e. The van der Waals surface area contributed by atoms with Gasteiger partial charge in [-0.1, -0.05) is 13.0 Å². The molecular weight excluding hydrogens is 278 g/mol. The van der Waals surface area contributed by atoms with E-state index >= 15 is 0 Å². The van der Waals surface area contributed by atoms with Crippen molar-refractivity contribution in [2.24, 2.45) is 0 Å². The van der Waals surface area contributed by atoms with Crippen LogP contribution >= 0.6 is 0 Å². The zero-order chi connectivity index (χ0) is 15.6. The Bertz CT molecular complexity index is 542. The zero-order valence-corrected chi connectivity index (χ0v) is 12.0. The summed E-state index contributed by atoms with van der Waals surface area (Å²) in [5, 5.41) is 2.85. The summed E-state index contributed by atoms with van der Waals surface area (Å²) in [4.78, 5) is 25.0. The number of rotatable bonds is 5. The summed E-state index contributed by atoms with van der Waals surface area (Å²) in [6.07, 6.45) is 0.709. The Labute approximate surface area is 122 Å². The minimum Gasteiger partial charge on any atom is -0.299 e. The fraction of sp³-hybridized carbons (Fsp3) is 0.467. The van der Waals surface area contributed by atoms with Crippen molar-refractivity contribution in [2.45, 2.75) is 38.8 Å². The van der Waals surface area contributed by atoms with Gasteiger partial charge in [0.1, 0.15) is 11.6 Å². The first-order valence-electron chi connectivity index (χ1n) is 6.99.